The van der Waals surface area contributed by atoms with Crippen molar-refractivity contribution in [3.05, 3.63) is 29.8 Å². The van der Waals surface area contributed by atoms with E-state index >= 15 is 0 Å². The fourth-order valence-electron chi connectivity index (χ4n) is 1.69. The summed E-state index contributed by atoms with van der Waals surface area (Å²) < 4.78 is 0. The highest BCUT2D eigenvalue weighted by atomic mass is 16.2. The van der Waals surface area contributed by atoms with E-state index in [0.29, 0.717) is 18.7 Å². The first kappa shape index (κ1) is 16.0. The van der Waals surface area contributed by atoms with E-state index in [1.54, 1.807) is 18.2 Å². The third-order valence-corrected chi connectivity index (χ3v) is 2.77. The number of hydrogen-bond donors (Lipinski definition) is 3. The number of unbranched alkanes of at least 4 members (excludes halogenated alkanes) is 1. The molecule has 3 N–H and O–H groups in total. The molecule has 110 valence electrons. The number of hydrogen-bond acceptors (Lipinski definition) is 3. The molecule has 2 amide bonds. The lowest BCUT2D eigenvalue weighted by Crippen LogP contribution is -2.29. The molecule has 1 aromatic carbocycles. The Morgan fingerprint density at radius 2 is 1.95 bits per heavy atom. The van der Waals surface area contributed by atoms with E-state index in [1.165, 1.54) is 0 Å². The van der Waals surface area contributed by atoms with E-state index in [0.717, 1.165) is 18.5 Å². The van der Waals surface area contributed by atoms with E-state index in [1.807, 2.05) is 13.0 Å². The van der Waals surface area contributed by atoms with Crippen molar-refractivity contribution in [1.82, 2.24) is 10.6 Å². The van der Waals surface area contributed by atoms with Gasteiger partial charge in [0.05, 0.1) is 6.54 Å². The lowest BCUT2D eigenvalue weighted by Gasteiger charge is -2.09. The average Bonchev–Trinajstić information content (AvgIpc) is 2.46. The van der Waals surface area contributed by atoms with E-state index < -0.39 is 0 Å². The van der Waals surface area contributed by atoms with Crippen molar-refractivity contribution in [2.24, 2.45) is 0 Å². The van der Waals surface area contributed by atoms with E-state index in [2.05, 4.69) is 22.9 Å². The van der Waals surface area contributed by atoms with Gasteiger partial charge < -0.3 is 16.0 Å². The molecular formula is C15H23N3O2. The maximum absolute atomic E-state index is 11.9. The van der Waals surface area contributed by atoms with E-state index in [9.17, 15) is 9.59 Å². The summed E-state index contributed by atoms with van der Waals surface area (Å²) in [5.41, 5.74) is 1.36. The number of carbonyl (C=O) groups excluding carboxylic acids is 2. The number of rotatable bonds is 8. The van der Waals surface area contributed by atoms with Crippen LogP contribution in [0, 0.1) is 0 Å². The molecule has 1 rings (SSSR count). The van der Waals surface area contributed by atoms with Crippen LogP contribution in [0.3, 0.4) is 0 Å². The van der Waals surface area contributed by atoms with Gasteiger partial charge in [-0.25, -0.2) is 0 Å². The van der Waals surface area contributed by atoms with Crippen LogP contribution >= 0.6 is 0 Å². The van der Waals surface area contributed by atoms with Crippen molar-refractivity contribution >= 4 is 17.5 Å². The fourth-order valence-corrected chi connectivity index (χ4v) is 1.69. The molecule has 5 nitrogen and oxygen atoms in total. The topological polar surface area (TPSA) is 70.2 Å². The first-order valence-electron chi connectivity index (χ1n) is 7.06. The van der Waals surface area contributed by atoms with Gasteiger partial charge in [0.1, 0.15) is 0 Å². The van der Waals surface area contributed by atoms with Gasteiger partial charge in [-0.3, -0.25) is 9.59 Å². The monoisotopic (exact) mass is 277 g/mol. The van der Waals surface area contributed by atoms with Crippen LogP contribution < -0.4 is 16.0 Å². The van der Waals surface area contributed by atoms with Gasteiger partial charge in [0.25, 0.3) is 5.91 Å². The zero-order valence-corrected chi connectivity index (χ0v) is 12.2. The van der Waals surface area contributed by atoms with Gasteiger partial charge in [0.2, 0.25) is 5.91 Å². The summed E-state index contributed by atoms with van der Waals surface area (Å²) in [6.07, 6.45) is 2.02. The van der Waals surface area contributed by atoms with Crippen LogP contribution in [0.15, 0.2) is 24.3 Å². The maximum atomic E-state index is 11.9. The van der Waals surface area contributed by atoms with Crippen LogP contribution in [0.2, 0.25) is 0 Å². The molecule has 0 aliphatic carbocycles. The first-order chi connectivity index (χ1) is 9.67. The summed E-state index contributed by atoms with van der Waals surface area (Å²) in [6, 6.07) is 7.15. The van der Waals surface area contributed by atoms with Crippen LogP contribution in [-0.4, -0.2) is 31.4 Å². The Balaban J connectivity index is 2.52. The number of anilines is 1. The minimum Gasteiger partial charge on any atom is -0.376 e. The molecule has 0 saturated carbocycles. The van der Waals surface area contributed by atoms with Gasteiger partial charge in [-0.2, -0.15) is 0 Å². The van der Waals surface area contributed by atoms with Gasteiger partial charge in [-0.15, -0.1) is 0 Å². The summed E-state index contributed by atoms with van der Waals surface area (Å²) in [6.45, 7) is 5.46. The zero-order valence-electron chi connectivity index (χ0n) is 12.2. The van der Waals surface area contributed by atoms with Crippen LogP contribution in [0.1, 0.15) is 37.0 Å². The standard InChI is InChI=1S/C15H23N3O2/c1-3-5-9-17-15(20)12-7-6-8-13(10-12)18-11-14(19)16-4-2/h6-8,10,18H,3-5,9,11H2,1-2H3,(H,16,19)(H,17,20). The Morgan fingerprint density at radius 3 is 2.65 bits per heavy atom. The van der Waals surface area contributed by atoms with Crippen molar-refractivity contribution in [1.29, 1.82) is 0 Å². The molecule has 0 unspecified atom stereocenters. The summed E-state index contributed by atoms with van der Waals surface area (Å²) in [7, 11) is 0. The molecule has 1 aromatic rings. The van der Waals surface area contributed by atoms with Crippen LogP contribution in [0.5, 0.6) is 0 Å². The quantitative estimate of drug-likeness (QED) is 0.634. The van der Waals surface area contributed by atoms with Gasteiger partial charge in [0.15, 0.2) is 0 Å². The van der Waals surface area contributed by atoms with Crippen molar-refractivity contribution in [2.75, 3.05) is 25.0 Å². The molecule has 0 aliphatic heterocycles. The number of amides is 2. The summed E-state index contributed by atoms with van der Waals surface area (Å²) >= 11 is 0. The molecule has 0 fully saturated rings. The molecule has 0 saturated heterocycles. The lowest BCUT2D eigenvalue weighted by atomic mass is 10.2. The van der Waals surface area contributed by atoms with Crippen LogP contribution in [0.4, 0.5) is 5.69 Å². The highest BCUT2D eigenvalue weighted by molar-refractivity contribution is 5.95. The Labute approximate surface area is 120 Å². The zero-order chi connectivity index (χ0) is 14.8. The molecule has 0 spiro atoms. The highest BCUT2D eigenvalue weighted by Crippen LogP contribution is 2.10. The Kier molecular flexibility index (Phi) is 7.17. The molecule has 0 atom stereocenters. The molecular weight excluding hydrogens is 254 g/mol. The van der Waals surface area contributed by atoms with E-state index in [4.69, 9.17) is 0 Å². The smallest absolute Gasteiger partial charge is 0.251 e. The Hall–Kier alpha value is -2.04. The van der Waals surface area contributed by atoms with Gasteiger partial charge in [-0.1, -0.05) is 19.4 Å². The third kappa shape index (κ3) is 5.73. The third-order valence-electron chi connectivity index (χ3n) is 2.77. The predicted molar refractivity (Wildman–Crippen MR) is 80.9 cm³/mol. The number of nitrogens with one attached hydrogen (secondary N) is 3. The molecule has 0 radical (unpaired) electrons. The second-order valence-electron chi connectivity index (χ2n) is 4.50. The van der Waals surface area contributed by atoms with Crippen LogP contribution in [0.25, 0.3) is 0 Å². The predicted octanol–water partition coefficient (Wildman–Crippen LogP) is 1.76. The Bertz CT molecular complexity index is 446. The molecule has 0 aliphatic rings. The fraction of sp³-hybridized carbons (Fsp3) is 0.467. The van der Waals surface area contributed by atoms with Gasteiger partial charge in [-0.05, 0) is 31.5 Å². The minimum atomic E-state index is -0.0832. The molecule has 20 heavy (non-hydrogen) atoms. The average molecular weight is 277 g/mol. The second-order valence-corrected chi connectivity index (χ2v) is 4.50. The van der Waals surface area contributed by atoms with E-state index in [-0.39, 0.29) is 18.4 Å². The summed E-state index contributed by atoms with van der Waals surface area (Å²) in [4.78, 5) is 23.3. The number of likely N-dealkylation sites (N-methyl/N-ethyl adjacent to an activating group) is 1. The molecule has 0 heterocycles. The van der Waals surface area contributed by atoms with Crippen LogP contribution in [-0.2, 0) is 4.79 Å². The number of benzene rings is 1. The maximum Gasteiger partial charge on any atom is 0.251 e. The number of carbonyl (C=O) groups is 2. The van der Waals surface area contributed by atoms with Gasteiger partial charge in [0, 0.05) is 24.3 Å². The normalized spacial score (nSPS) is 9.90. The lowest BCUT2D eigenvalue weighted by molar-refractivity contribution is -0.119. The SMILES string of the molecule is CCCCNC(=O)c1cccc(NCC(=O)NCC)c1. The molecule has 0 aromatic heterocycles. The van der Waals surface area contributed by atoms with Crippen molar-refractivity contribution in [3.63, 3.8) is 0 Å². The summed E-state index contributed by atoms with van der Waals surface area (Å²) in [5.74, 6) is -0.148. The highest BCUT2D eigenvalue weighted by Gasteiger charge is 2.06. The van der Waals surface area contributed by atoms with Gasteiger partial charge >= 0.3 is 0 Å². The second kappa shape index (κ2) is 8.96. The minimum absolute atomic E-state index is 0.0645. The molecule has 5 heteroatoms. The Morgan fingerprint density at radius 1 is 1.15 bits per heavy atom. The summed E-state index contributed by atoms with van der Waals surface area (Å²) in [5, 5.41) is 8.57. The van der Waals surface area contributed by atoms with Crippen molar-refractivity contribution in [2.45, 2.75) is 26.7 Å². The van der Waals surface area contributed by atoms with Crippen molar-refractivity contribution < 1.29 is 9.59 Å². The largest absolute Gasteiger partial charge is 0.376 e. The van der Waals surface area contributed by atoms with Crippen molar-refractivity contribution in [3.8, 4) is 0 Å². The first-order valence-corrected chi connectivity index (χ1v) is 7.06. The molecule has 0 bridgehead atoms.